The van der Waals surface area contributed by atoms with Crippen molar-refractivity contribution in [1.29, 1.82) is 0 Å². The fraction of sp³-hybridized carbons (Fsp3) is 0.467. The molecule has 1 aromatic carbocycles. The van der Waals surface area contributed by atoms with Gasteiger partial charge in [0.2, 0.25) is 11.8 Å². The number of rotatable bonds is 6. The van der Waals surface area contributed by atoms with Crippen LogP contribution in [0.25, 0.3) is 0 Å². The fourth-order valence-electron chi connectivity index (χ4n) is 1.89. The molecule has 0 heterocycles. The number of nitrogens with zero attached hydrogens (tertiary/aromatic N) is 1. The minimum absolute atomic E-state index is 0.00880. The Hall–Kier alpha value is -1.55. The first-order valence-corrected chi connectivity index (χ1v) is 7.06. The highest BCUT2D eigenvalue weighted by Crippen LogP contribution is 2.09. The van der Waals surface area contributed by atoms with Crippen LogP contribution in [0.15, 0.2) is 24.3 Å². The van der Waals surface area contributed by atoms with Crippen molar-refractivity contribution in [3.8, 4) is 0 Å². The largest absolute Gasteiger partial charge is 0.352 e. The molecule has 4 nitrogen and oxygen atoms in total. The van der Waals surface area contributed by atoms with Crippen LogP contribution in [-0.2, 0) is 16.1 Å². The molecule has 0 aromatic heterocycles. The second kappa shape index (κ2) is 7.90. The molecule has 1 rings (SSSR count). The Labute approximate surface area is 125 Å². The first-order chi connectivity index (χ1) is 9.40. The highest BCUT2D eigenvalue weighted by atomic mass is 35.5. The molecule has 20 heavy (non-hydrogen) atoms. The van der Waals surface area contributed by atoms with Crippen LogP contribution in [0.2, 0.25) is 5.02 Å². The van der Waals surface area contributed by atoms with Gasteiger partial charge >= 0.3 is 0 Å². The third-order valence-corrected chi connectivity index (χ3v) is 3.26. The van der Waals surface area contributed by atoms with Crippen LogP contribution in [0.1, 0.15) is 32.8 Å². The van der Waals surface area contributed by atoms with Gasteiger partial charge in [-0.3, -0.25) is 9.59 Å². The maximum atomic E-state index is 11.8. The number of halogens is 1. The van der Waals surface area contributed by atoms with Gasteiger partial charge in [-0.15, -0.1) is 0 Å². The summed E-state index contributed by atoms with van der Waals surface area (Å²) in [5.74, 6) is -0.0719. The van der Waals surface area contributed by atoms with Crippen molar-refractivity contribution < 1.29 is 9.59 Å². The van der Waals surface area contributed by atoms with E-state index in [2.05, 4.69) is 5.32 Å². The first-order valence-electron chi connectivity index (χ1n) is 6.68. The van der Waals surface area contributed by atoms with Crippen LogP contribution in [0, 0.1) is 0 Å². The van der Waals surface area contributed by atoms with Gasteiger partial charge in [0, 0.05) is 37.5 Å². The maximum absolute atomic E-state index is 11.8. The average molecular weight is 297 g/mol. The molecule has 2 amide bonds. The van der Waals surface area contributed by atoms with Crippen molar-refractivity contribution in [2.45, 2.75) is 39.8 Å². The quantitative estimate of drug-likeness (QED) is 0.877. The lowest BCUT2D eigenvalue weighted by atomic mass is 10.2. The minimum Gasteiger partial charge on any atom is -0.352 e. The number of benzene rings is 1. The molecule has 1 N–H and O–H groups in total. The second-order valence-electron chi connectivity index (χ2n) is 4.96. The molecule has 0 aliphatic rings. The van der Waals surface area contributed by atoms with Gasteiger partial charge < -0.3 is 10.2 Å². The van der Waals surface area contributed by atoms with Crippen LogP contribution in [0.5, 0.6) is 0 Å². The third kappa shape index (κ3) is 5.61. The Bertz CT molecular complexity index is 457. The monoisotopic (exact) mass is 296 g/mol. The number of carbonyl (C=O) groups is 2. The Morgan fingerprint density at radius 1 is 1.25 bits per heavy atom. The summed E-state index contributed by atoms with van der Waals surface area (Å²) in [4.78, 5) is 24.8. The standard InChI is InChI=1S/C15H21ClN2O2/c1-11(2)18(12(3)19)9-8-15(20)17-10-13-4-6-14(16)7-5-13/h4-7,11H,8-10H2,1-3H3,(H,17,20). The second-order valence-corrected chi connectivity index (χ2v) is 5.40. The SMILES string of the molecule is CC(=O)N(CCC(=O)NCc1ccc(Cl)cc1)C(C)C. The summed E-state index contributed by atoms with van der Waals surface area (Å²) >= 11 is 5.79. The summed E-state index contributed by atoms with van der Waals surface area (Å²) in [6.07, 6.45) is 0.311. The lowest BCUT2D eigenvalue weighted by Crippen LogP contribution is -2.38. The topological polar surface area (TPSA) is 49.4 Å². The molecule has 1 aromatic rings. The molecular formula is C15H21ClN2O2. The Balaban J connectivity index is 2.36. The first kappa shape index (κ1) is 16.5. The highest BCUT2D eigenvalue weighted by Gasteiger charge is 2.13. The Morgan fingerprint density at radius 2 is 1.85 bits per heavy atom. The number of nitrogens with one attached hydrogen (secondary N) is 1. The van der Waals surface area contributed by atoms with Gasteiger partial charge in [0.1, 0.15) is 0 Å². The van der Waals surface area contributed by atoms with E-state index in [-0.39, 0.29) is 17.9 Å². The summed E-state index contributed by atoms with van der Waals surface area (Å²) in [5.41, 5.74) is 0.995. The van der Waals surface area contributed by atoms with Crippen LogP contribution >= 0.6 is 11.6 Å². The molecule has 5 heteroatoms. The number of carbonyl (C=O) groups excluding carboxylic acids is 2. The zero-order valence-corrected chi connectivity index (χ0v) is 12.9. The molecule has 0 atom stereocenters. The van der Waals surface area contributed by atoms with Crippen molar-refractivity contribution in [2.24, 2.45) is 0 Å². The number of hydrogen-bond acceptors (Lipinski definition) is 2. The van der Waals surface area contributed by atoms with Gasteiger partial charge in [-0.2, -0.15) is 0 Å². The zero-order chi connectivity index (χ0) is 15.1. The molecule has 0 fully saturated rings. The molecule has 0 aliphatic heterocycles. The van der Waals surface area contributed by atoms with E-state index in [0.29, 0.717) is 24.5 Å². The van der Waals surface area contributed by atoms with Crippen molar-refractivity contribution in [3.05, 3.63) is 34.9 Å². The molecule has 0 saturated carbocycles. The molecule has 0 aliphatic carbocycles. The van der Waals surface area contributed by atoms with Crippen LogP contribution < -0.4 is 5.32 Å². The van der Waals surface area contributed by atoms with Crippen LogP contribution in [0.3, 0.4) is 0 Å². The molecule has 0 radical (unpaired) electrons. The molecule has 0 spiro atoms. The van der Waals surface area contributed by atoms with Crippen molar-refractivity contribution >= 4 is 23.4 Å². The summed E-state index contributed by atoms with van der Waals surface area (Å²) in [6, 6.07) is 7.44. The summed E-state index contributed by atoms with van der Waals surface area (Å²) in [5, 5.41) is 3.51. The predicted molar refractivity (Wildman–Crippen MR) is 80.4 cm³/mol. The van der Waals surface area contributed by atoms with E-state index in [9.17, 15) is 9.59 Å². The van der Waals surface area contributed by atoms with Crippen LogP contribution in [0.4, 0.5) is 0 Å². The van der Waals surface area contributed by atoms with Crippen molar-refractivity contribution in [3.63, 3.8) is 0 Å². The Kier molecular flexibility index (Phi) is 6.52. The maximum Gasteiger partial charge on any atom is 0.222 e. The number of amides is 2. The van der Waals surface area contributed by atoms with Crippen molar-refractivity contribution in [1.82, 2.24) is 10.2 Å². The van der Waals surface area contributed by atoms with Gasteiger partial charge in [-0.25, -0.2) is 0 Å². The molecule has 110 valence electrons. The van der Waals surface area contributed by atoms with E-state index < -0.39 is 0 Å². The summed E-state index contributed by atoms with van der Waals surface area (Å²) in [6.45, 7) is 6.31. The number of hydrogen-bond donors (Lipinski definition) is 1. The molecule has 0 saturated heterocycles. The Morgan fingerprint density at radius 3 is 2.35 bits per heavy atom. The van der Waals surface area contributed by atoms with Gasteiger partial charge in [0.05, 0.1) is 0 Å². The molecule has 0 unspecified atom stereocenters. The normalized spacial score (nSPS) is 10.4. The third-order valence-electron chi connectivity index (χ3n) is 3.01. The predicted octanol–water partition coefficient (Wildman–Crippen LogP) is 2.60. The van der Waals surface area contributed by atoms with E-state index in [1.807, 2.05) is 26.0 Å². The lowest BCUT2D eigenvalue weighted by molar-refractivity contribution is -0.131. The van der Waals surface area contributed by atoms with E-state index >= 15 is 0 Å². The fourth-order valence-corrected chi connectivity index (χ4v) is 2.02. The highest BCUT2D eigenvalue weighted by molar-refractivity contribution is 6.30. The summed E-state index contributed by atoms with van der Waals surface area (Å²) in [7, 11) is 0. The van der Waals surface area contributed by atoms with Gasteiger partial charge in [0.25, 0.3) is 0 Å². The van der Waals surface area contributed by atoms with Gasteiger partial charge in [0.15, 0.2) is 0 Å². The van der Waals surface area contributed by atoms with Gasteiger partial charge in [-0.05, 0) is 31.5 Å². The smallest absolute Gasteiger partial charge is 0.222 e. The lowest BCUT2D eigenvalue weighted by Gasteiger charge is -2.24. The van der Waals surface area contributed by atoms with Gasteiger partial charge in [-0.1, -0.05) is 23.7 Å². The van der Waals surface area contributed by atoms with E-state index in [1.54, 1.807) is 17.0 Å². The summed E-state index contributed by atoms with van der Waals surface area (Å²) < 4.78 is 0. The average Bonchev–Trinajstić information content (AvgIpc) is 2.37. The van der Waals surface area contributed by atoms with Crippen LogP contribution in [-0.4, -0.2) is 29.3 Å². The minimum atomic E-state index is -0.0631. The van der Waals surface area contributed by atoms with Crippen molar-refractivity contribution in [2.75, 3.05) is 6.54 Å². The van der Waals surface area contributed by atoms with E-state index in [0.717, 1.165) is 5.56 Å². The zero-order valence-electron chi connectivity index (χ0n) is 12.1. The van der Waals surface area contributed by atoms with E-state index in [1.165, 1.54) is 6.92 Å². The molecule has 0 bridgehead atoms. The van der Waals surface area contributed by atoms with E-state index in [4.69, 9.17) is 11.6 Å². The molecular weight excluding hydrogens is 276 g/mol.